The summed E-state index contributed by atoms with van der Waals surface area (Å²) in [4.78, 5) is 11.2. The van der Waals surface area contributed by atoms with Crippen LogP contribution in [0.1, 0.15) is 5.56 Å². The molecule has 0 bridgehead atoms. The van der Waals surface area contributed by atoms with Crippen molar-refractivity contribution < 1.29 is 4.92 Å². The molecule has 0 aromatic heterocycles. The first-order valence-corrected chi connectivity index (χ1v) is 8.00. The van der Waals surface area contributed by atoms with E-state index in [-0.39, 0.29) is 10.6 Å². The summed E-state index contributed by atoms with van der Waals surface area (Å²) in [7, 11) is 3.03. The van der Waals surface area contributed by atoms with Crippen LogP contribution in [0.25, 0.3) is 0 Å². The molecule has 0 spiro atoms. The average molecular weight is 290 g/mol. The number of nitro benzene ring substituents is 1. The van der Waals surface area contributed by atoms with Crippen LogP contribution in [-0.4, -0.2) is 10.7 Å². The monoisotopic (exact) mass is 290 g/mol. The van der Waals surface area contributed by atoms with Crippen LogP contribution in [0, 0.1) is 16.5 Å². The number of para-hydroxylation sites is 1. The van der Waals surface area contributed by atoms with Crippen molar-refractivity contribution in [3.63, 3.8) is 0 Å². The normalized spacial score (nSPS) is 10.3. The lowest BCUT2D eigenvalue weighted by Crippen LogP contribution is -1.89. The summed E-state index contributed by atoms with van der Waals surface area (Å²) in [5, 5.41) is 10.9. The predicted octanol–water partition coefficient (Wildman–Crippen LogP) is 4.59. The topological polar surface area (TPSA) is 43.1 Å². The van der Waals surface area contributed by atoms with Gasteiger partial charge in [0.25, 0.3) is 5.69 Å². The molecule has 0 aliphatic rings. The molecule has 0 heterocycles. The van der Waals surface area contributed by atoms with Gasteiger partial charge < -0.3 is 0 Å². The Morgan fingerprint density at radius 1 is 1.05 bits per heavy atom. The minimum atomic E-state index is -0.343. The van der Waals surface area contributed by atoms with Gasteiger partial charge in [0.15, 0.2) is 0 Å². The number of nitro groups is 1. The van der Waals surface area contributed by atoms with Gasteiger partial charge in [-0.2, -0.15) is 0 Å². The first-order valence-electron chi connectivity index (χ1n) is 5.68. The quantitative estimate of drug-likeness (QED) is 0.338. The molecule has 0 N–H and O–H groups in total. The summed E-state index contributed by atoms with van der Waals surface area (Å²) in [6.45, 7) is 0. The summed E-state index contributed by atoms with van der Waals surface area (Å²) in [6, 6.07) is 16.8. The van der Waals surface area contributed by atoms with Gasteiger partial charge in [-0.15, -0.1) is 0 Å². The molecule has 2 aromatic carbocycles. The lowest BCUT2D eigenvalue weighted by atomic mass is 10.2. The Labute approximate surface area is 120 Å². The number of nitrogens with zero attached hydrogens (tertiary/aromatic N) is 1. The van der Waals surface area contributed by atoms with Gasteiger partial charge in [0.1, 0.15) is 0 Å². The maximum atomic E-state index is 10.9. The summed E-state index contributed by atoms with van der Waals surface area (Å²) < 4.78 is 0. The number of rotatable bonds is 6. The highest BCUT2D eigenvalue weighted by Crippen LogP contribution is 2.37. The lowest BCUT2D eigenvalue weighted by Gasteiger charge is -2.02. The second-order valence-electron chi connectivity index (χ2n) is 3.71. The molecule has 19 heavy (non-hydrogen) atoms. The largest absolute Gasteiger partial charge is 0.283 e. The van der Waals surface area contributed by atoms with E-state index >= 15 is 0 Å². The van der Waals surface area contributed by atoms with E-state index in [9.17, 15) is 10.1 Å². The van der Waals surface area contributed by atoms with Crippen molar-refractivity contribution in [2.24, 2.45) is 0 Å². The standard InChI is InChI=1S/C14H12NO2S2/c16-15(17)13-8-4-5-9-14(13)19-18-11-10-12-6-2-1-3-7-12/h1-10H,11H2. The van der Waals surface area contributed by atoms with Gasteiger partial charge in [0, 0.05) is 18.2 Å². The summed E-state index contributed by atoms with van der Waals surface area (Å²) >= 11 is 0. The van der Waals surface area contributed by atoms with Crippen molar-refractivity contribution in [1.29, 1.82) is 0 Å². The molecule has 0 aliphatic carbocycles. The minimum Gasteiger partial charge on any atom is -0.258 e. The maximum Gasteiger partial charge on any atom is 0.283 e. The van der Waals surface area contributed by atoms with E-state index < -0.39 is 0 Å². The third kappa shape index (κ3) is 4.29. The Bertz CT molecular complexity index is 546. The third-order valence-electron chi connectivity index (χ3n) is 2.40. The first kappa shape index (κ1) is 14.0. The van der Waals surface area contributed by atoms with Crippen molar-refractivity contribution >= 4 is 27.3 Å². The highest BCUT2D eigenvalue weighted by Gasteiger charge is 2.12. The molecule has 0 unspecified atom stereocenters. The Morgan fingerprint density at radius 2 is 1.74 bits per heavy atom. The Balaban J connectivity index is 1.85. The smallest absolute Gasteiger partial charge is 0.258 e. The minimum absolute atomic E-state index is 0.166. The molecule has 0 amide bonds. The van der Waals surface area contributed by atoms with E-state index in [2.05, 4.69) is 6.42 Å². The van der Waals surface area contributed by atoms with Crippen molar-refractivity contribution in [2.45, 2.75) is 4.90 Å². The maximum absolute atomic E-state index is 10.9. The molecular formula is C14H12NO2S2. The SMILES string of the molecule is O=[N+]([O-])c1ccccc1SSC[CH]c1ccccc1. The molecule has 0 saturated carbocycles. The Kier molecular flexibility index (Phi) is 5.30. The zero-order valence-corrected chi connectivity index (χ0v) is 11.7. The first-order chi connectivity index (χ1) is 9.27. The number of hydrogen-bond acceptors (Lipinski definition) is 4. The molecule has 1 radical (unpaired) electrons. The summed E-state index contributed by atoms with van der Waals surface area (Å²) in [6.07, 6.45) is 2.10. The second kappa shape index (κ2) is 7.21. The Hall–Kier alpha value is -1.46. The van der Waals surface area contributed by atoms with Gasteiger partial charge in [-0.1, -0.05) is 64.1 Å². The average Bonchev–Trinajstić information content (AvgIpc) is 2.45. The van der Waals surface area contributed by atoms with Crippen LogP contribution in [0.3, 0.4) is 0 Å². The summed E-state index contributed by atoms with van der Waals surface area (Å²) in [5.41, 5.74) is 1.33. The van der Waals surface area contributed by atoms with Gasteiger partial charge in [-0.3, -0.25) is 10.1 Å². The van der Waals surface area contributed by atoms with Crippen molar-refractivity contribution in [2.75, 3.05) is 5.75 Å². The number of benzene rings is 2. The summed E-state index contributed by atoms with van der Waals surface area (Å²) in [5.74, 6) is 0.806. The molecular weight excluding hydrogens is 278 g/mol. The molecule has 0 aliphatic heterocycles. The molecule has 5 heteroatoms. The highest BCUT2D eigenvalue weighted by atomic mass is 33.1. The van der Waals surface area contributed by atoms with Gasteiger partial charge in [0.2, 0.25) is 0 Å². The van der Waals surface area contributed by atoms with E-state index in [1.165, 1.54) is 16.9 Å². The van der Waals surface area contributed by atoms with E-state index in [0.717, 1.165) is 11.3 Å². The molecule has 2 aromatic rings. The van der Waals surface area contributed by atoms with Crippen LogP contribution in [0.4, 0.5) is 5.69 Å². The van der Waals surface area contributed by atoms with Crippen molar-refractivity contribution in [3.8, 4) is 0 Å². The predicted molar refractivity (Wildman–Crippen MR) is 81.3 cm³/mol. The van der Waals surface area contributed by atoms with Crippen LogP contribution in [0.15, 0.2) is 59.5 Å². The molecule has 3 nitrogen and oxygen atoms in total. The van der Waals surface area contributed by atoms with Crippen LogP contribution >= 0.6 is 21.6 Å². The Morgan fingerprint density at radius 3 is 2.47 bits per heavy atom. The fourth-order valence-corrected chi connectivity index (χ4v) is 3.52. The molecule has 0 saturated heterocycles. The van der Waals surface area contributed by atoms with E-state index in [1.807, 2.05) is 36.4 Å². The van der Waals surface area contributed by atoms with Crippen LogP contribution < -0.4 is 0 Å². The van der Waals surface area contributed by atoms with Gasteiger partial charge in [0.05, 0.1) is 9.82 Å². The molecule has 0 atom stereocenters. The van der Waals surface area contributed by atoms with E-state index in [4.69, 9.17) is 0 Å². The highest BCUT2D eigenvalue weighted by molar-refractivity contribution is 8.76. The lowest BCUT2D eigenvalue weighted by molar-refractivity contribution is -0.387. The molecule has 0 fully saturated rings. The third-order valence-corrected chi connectivity index (χ3v) is 4.64. The zero-order valence-electron chi connectivity index (χ0n) is 10.1. The second-order valence-corrected chi connectivity index (χ2v) is 6.09. The van der Waals surface area contributed by atoms with E-state index in [1.54, 1.807) is 22.9 Å². The fraction of sp³-hybridized carbons (Fsp3) is 0.0714. The van der Waals surface area contributed by atoms with Gasteiger partial charge >= 0.3 is 0 Å². The molecule has 97 valence electrons. The van der Waals surface area contributed by atoms with Crippen LogP contribution in [0.2, 0.25) is 0 Å². The van der Waals surface area contributed by atoms with Gasteiger partial charge in [-0.05, 0) is 11.6 Å². The van der Waals surface area contributed by atoms with Crippen molar-refractivity contribution in [3.05, 3.63) is 76.7 Å². The van der Waals surface area contributed by atoms with Crippen LogP contribution in [0.5, 0.6) is 0 Å². The van der Waals surface area contributed by atoms with Gasteiger partial charge in [-0.25, -0.2) is 0 Å². The molecule has 2 rings (SSSR count). The van der Waals surface area contributed by atoms with E-state index in [0.29, 0.717) is 4.90 Å². The fourth-order valence-electron chi connectivity index (χ4n) is 1.50. The zero-order chi connectivity index (χ0) is 13.5. The van der Waals surface area contributed by atoms with Crippen molar-refractivity contribution in [1.82, 2.24) is 0 Å². The number of hydrogen-bond donors (Lipinski definition) is 0. The van der Waals surface area contributed by atoms with Crippen LogP contribution in [-0.2, 0) is 0 Å².